The molecule has 10 nitrogen and oxygen atoms in total. The van der Waals surface area contributed by atoms with E-state index in [9.17, 15) is 24.3 Å². The maximum Gasteiger partial charge on any atom is 0.347 e. The topological polar surface area (TPSA) is 144 Å². The Balaban J connectivity index is 1.55. The Morgan fingerprint density at radius 1 is 1.02 bits per heavy atom. The molecular weight excluding hydrogens is 588 g/mol. The first-order valence-corrected chi connectivity index (χ1v) is 15.2. The number of nitrogens with one attached hydrogen (secondary N) is 2. The van der Waals surface area contributed by atoms with Gasteiger partial charge in [-0.25, -0.2) is 4.79 Å². The first kappa shape index (κ1) is 33.0. The summed E-state index contributed by atoms with van der Waals surface area (Å²) in [5.74, 6) is -2.68. The summed E-state index contributed by atoms with van der Waals surface area (Å²) in [4.78, 5) is 52.1. The molecule has 1 saturated heterocycles. The average Bonchev–Trinajstić information content (AvgIpc) is 3.78. The molecule has 3 N–H and O–H groups in total. The van der Waals surface area contributed by atoms with Gasteiger partial charge < -0.3 is 30.0 Å². The Kier molecular flexibility index (Phi) is 11.4. The zero-order chi connectivity index (χ0) is 31.8. The molecule has 2 aliphatic heterocycles. The van der Waals surface area contributed by atoms with E-state index < -0.39 is 42.0 Å². The molecule has 0 spiro atoms. The summed E-state index contributed by atoms with van der Waals surface area (Å²) < 4.78 is 17.5. The van der Waals surface area contributed by atoms with Crippen LogP contribution in [0.1, 0.15) is 57.3 Å². The highest BCUT2D eigenvalue weighted by Gasteiger charge is 2.47. The van der Waals surface area contributed by atoms with E-state index in [1.54, 1.807) is 12.1 Å². The first-order chi connectivity index (χ1) is 21.0. The van der Waals surface area contributed by atoms with Crippen LogP contribution < -0.4 is 10.6 Å². The molecule has 44 heavy (non-hydrogen) atoms. The summed E-state index contributed by atoms with van der Waals surface area (Å²) in [6, 6.07) is 13.3. The van der Waals surface area contributed by atoms with Gasteiger partial charge in [-0.05, 0) is 41.7 Å². The molecule has 2 aromatic carbocycles. The maximum absolute atomic E-state index is 13.3. The summed E-state index contributed by atoms with van der Waals surface area (Å²) >= 11 is 6.04. The van der Waals surface area contributed by atoms with Crippen molar-refractivity contribution in [3.8, 4) is 5.75 Å². The Bertz CT molecular complexity index is 1360. The number of epoxide rings is 1. The fraction of sp³-hybridized carbons (Fsp3) is 0.455. The normalized spacial score (nSPS) is 26.6. The Labute approximate surface area is 262 Å². The van der Waals surface area contributed by atoms with Gasteiger partial charge in [-0.15, -0.1) is 0 Å². The number of benzene rings is 2. The zero-order valence-electron chi connectivity index (χ0n) is 25.0. The lowest BCUT2D eigenvalue weighted by Gasteiger charge is -2.26. The number of amides is 2. The van der Waals surface area contributed by atoms with Crippen molar-refractivity contribution in [1.82, 2.24) is 10.6 Å². The van der Waals surface area contributed by atoms with Crippen molar-refractivity contribution < 1.29 is 38.5 Å². The number of ether oxygens (including phenoxy) is 3. The van der Waals surface area contributed by atoms with Crippen LogP contribution in [0, 0.1) is 11.8 Å². The van der Waals surface area contributed by atoms with E-state index in [-0.39, 0.29) is 67.0 Å². The number of rotatable bonds is 7. The highest BCUT2D eigenvalue weighted by molar-refractivity contribution is 6.32. The van der Waals surface area contributed by atoms with Gasteiger partial charge in [0.05, 0.1) is 17.5 Å². The van der Waals surface area contributed by atoms with E-state index in [0.717, 1.165) is 5.56 Å². The minimum Gasteiger partial charge on any atom is -0.506 e. The molecule has 1 fully saturated rings. The molecular formula is C33H39ClN2O8. The molecule has 0 unspecified atom stereocenters. The highest BCUT2D eigenvalue weighted by atomic mass is 35.5. The third-order valence-electron chi connectivity index (χ3n) is 7.60. The Hall–Kier alpha value is -3.89. The van der Waals surface area contributed by atoms with E-state index in [2.05, 4.69) is 10.6 Å². The number of phenols is 1. The molecule has 2 heterocycles. The minimum absolute atomic E-state index is 0.0356. The van der Waals surface area contributed by atoms with Gasteiger partial charge >= 0.3 is 11.9 Å². The number of cyclic esters (lactones) is 2. The second kappa shape index (κ2) is 15.2. The van der Waals surface area contributed by atoms with Gasteiger partial charge in [-0.3, -0.25) is 14.4 Å². The van der Waals surface area contributed by atoms with Crippen molar-refractivity contribution in [3.05, 3.63) is 76.8 Å². The van der Waals surface area contributed by atoms with Crippen LogP contribution in [-0.4, -0.2) is 59.8 Å². The number of carbonyl (C=O) groups excluding carboxylic acids is 4. The zero-order valence-corrected chi connectivity index (χ0v) is 25.8. The van der Waals surface area contributed by atoms with Crippen LogP contribution in [0.2, 0.25) is 5.02 Å². The molecule has 2 aliphatic rings. The molecule has 0 saturated carbocycles. The Morgan fingerprint density at radius 2 is 1.77 bits per heavy atom. The monoisotopic (exact) mass is 626 g/mol. The number of halogens is 1. The molecule has 0 aliphatic carbocycles. The summed E-state index contributed by atoms with van der Waals surface area (Å²) in [6.07, 6.45) is 1.10. The van der Waals surface area contributed by atoms with Gasteiger partial charge in [0.15, 0.2) is 6.10 Å². The second-order valence-corrected chi connectivity index (χ2v) is 12.0. The van der Waals surface area contributed by atoms with Crippen LogP contribution >= 0.6 is 11.6 Å². The van der Waals surface area contributed by atoms with Crippen LogP contribution in [0.4, 0.5) is 0 Å². The lowest BCUT2D eigenvalue weighted by molar-refractivity contribution is -0.174. The van der Waals surface area contributed by atoms with Crippen molar-refractivity contribution in [2.45, 2.75) is 76.9 Å². The second-order valence-electron chi connectivity index (χ2n) is 11.6. The predicted molar refractivity (Wildman–Crippen MR) is 163 cm³/mol. The van der Waals surface area contributed by atoms with Crippen molar-refractivity contribution in [3.63, 3.8) is 0 Å². The van der Waals surface area contributed by atoms with Gasteiger partial charge in [-0.2, -0.15) is 0 Å². The lowest BCUT2D eigenvalue weighted by Crippen LogP contribution is -2.48. The molecule has 2 amide bonds. The lowest BCUT2D eigenvalue weighted by atomic mass is 9.93. The van der Waals surface area contributed by atoms with Gasteiger partial charge in [0.1, 0.15) is 24.0 Å². The van der Waals surface area contributed by atoms with Gasteiger partial charge in [0.25, 0.3) is 0 Å². The first-order valence-electron chi connectivity index (χ1n) is 14.8. The standard InChI is InChI=1S/C33H39ClN2O8/c1-19(2)16-27-33(41)43-26(20(3)30-31(44-30)22-8-5-4-6-9-22)10-7-11-28(38)36-24(32(40)35-15-14-29(39)42-27)18-21-12-13-25(37)23(34)17-21/h4-9,11-13,17,19-20,24,26-27,30-31,37H,10,14-16,18H2,1-3H3,(H,35,40)(H,36,38)/b11-7+/t20-,24+,26-,27-,30+,31-/m0/s1. The quantitative estimate of drug-likeness (QED) is 0.307. The van der Waals surface area contributed by atoms with Crippen molar-refractivity contribution in [1.29, 1.82) is 0 Å². The van der Waals surface area contributed by atoms with Crippen molar-refractivity contribution in [2.24, 2.45) is 11.8 Å². The van der Waals surface area contributed by atoms with Crippen LogP contribution in [0.15, 0.2) is 60.7 Å². The molecule has 2 aromatic rings. The van der Waals surface area contributed by atoms with Gasteiger partial charge in [0, 0.05) is 25.3 Å². The smallest absolute Gasteiger partial charge is 0.347 e. The maximum atomic E-state index is 13.3. The van der Waals surface area contributed by atoms with E-state index in [4.69, 9.17) is 25.8 Å². The van der Waals surface area contributed by atoms with E-state index in [1.807, 2.05) is 51.1 Å². The number of hydrogen-bond donors (Lipinski definition) is 3. The van der Waals surface area contributed by atoms with E-state index in [1.165, 1.54) is 18.2 Å². The minimum atomic E-state index is -1.12. The fourth-order valence-electron chi connectivity index (χ4n) is 5.14. The number of phenolic OH excluding ortho intramolecular Hbond substituents is 1. The summed E-state index contributed by atoms with van der Waals surface area (Å²) in [7, 11) is 0. The third-order valence-corrected chi connectivity index (χ3v) is 7.90. The molecule has 0 aromatic heterocycles. The summed E-state index contributed by atoms with van der Waals surface area (Å²) in [6.45, 7) is 5.67. The molecule has 4 rings (SSSR count). The molecule has 6 atom stereocenters. The van der Waals surface area contributed by atoms with Crippen molar-refractivity contribution >= 4 is 35.4 Å². The number of hydrogen-bond acceptors (Lipinski definition) is 8. The number of aromatic hydroxyl groups is 1. The van der Waals surface area contributed by atoms with Crippen LogP contribution in [0.5, 0.6) is 5.75 Å². The molecule has 11 heteroatoms. The fourth-order valence-corrected chi connectivity index (χ4v) is 5.34. The highest BCUT2D eigenvalue weighted by Crippen LogP contribution is 2.45. The number of esters is 2. The Morgan fingerprint density at radius 3 is 2.48 bits per heavy atom. The molecule has 0 radical (unpaired) electrons. The van der Waals surface area contributed by atoms with Gasteiger partial charge in [-0.1, -0.05) is 74.8 Å². The van der Waals surface area contributed by atoms with Crippen LogP contribution in [0.3, 0.4) is 0 Å². The summed E-state index contributed by atoms with van der Waals surface area (Å²) in [5, 5.41) is 15.2. The molecule has 0 bridgehead atoms. The molecule has 236 valence electrons. The van der Waals surface area contributed by atoms with Crippen molar-refractivity contribution in [2.75, 3.05) is 6.54 Å². The largest absolute Gasteiger partial charge is 0.506 e. The van der Waals surface area contributed by atoms with Gasteiger partial charge in [0.2, 0.25) is 11.8 Å². The number of carbonyl (C=O) groups is 4. The third kappa shape index (κ3) is 9.30. The van der Waals surface area contributed by atoms with E-state index in [0.29, 0.717) is 5.56 Å². The van der Waals surface area contributed by atoms with Crippen LogP contribution in [0.25, 0.3) is 0 Å². The van der Waals surface area contributed by atoms with Crippen LogP contribution in [-0.2, 0) is 39.8 Å². The average molecular weight is 627 g/mol. The summed E-state index contributed by atoms with van der Waals surface area (Å²) in [5.41, 5.74) is 1.63. The SMILES string of the molecule is CC(C)C[C@@H]1OC(=O)CCNC(=O)[C@@H](Cc2ccc(O)c(Cl)c2)NC(=O)/C=C/C[C@@H]([C@H](C)[C@H]2O[C@H]2c2ccccc2)OC1=O. The predicted octanol–water partition coefficient (Wildman–Crippen LogP) is 4.19. The van der Waals surface area contributed by atoms with E-state index >= 15 is 0 Å².